The summed E-state index contributed by atoms with van der Waals surface area (Å²) in [6.07, 6.45) is 0. The fourth-order valence-corrected chi connectivity index (χ4v) is 15.7. The molecule has 6 nitrogen and oxygen atoms in total. The smallest absolute Gasteiger partial charge is 0.137 e. The number of nitrogens with two attached hydrogens (primary N) is 1. The average Bonchev–Trinajstić information content (AvgIpc) is 1.59. The number of nitrogens with zero attached hydrogens (tertiary/aromatic N) is 1. The van der Waals surface area contributed by atoms with Crippen LogP contribution in [0, 0.1) is 0 Å². The number of nitrogen functional groups attached to an aromatic ring is 1. The number of furan rings is 3. The van der Waals surface area contributed by atoms with Crippen LogP contribution in [-0.4, -0.2) is 19.9 Å². The Morgan fingerprint density at radius 3 is 0.769 bits per heavy atom. The van der Waals surface area contributed by atoms with Crippen LogP contribution in [-0.2, 0) is 16.2 Å². The number of alkyl halides is 1. The molecule has 0 aliphatic heterocycles. The summed E-state index contributed by atoms with van der Waals surface area (Å²) in [6, 6.07) is 109. The van der Waals surface area contributed by atoms with Crippen LogP contribution < -0.4 is 16.0 Å². The first kappa shape index (κ1) is 125. The standard InChI is InChI=1S/C19H14ClNO.3C15H14.C13H11NO.C12H9NO.C6H4Cl2.14C2H6.CH3Br/c1-21(14-7-4-6-13(20)12-14)16-9-5-11-18-19(16)15-8-2-3-10-17(15)22-18;3*1-15(2)13-9-5-3-7-11(13)12-8-4-6-10-14(12)15;1-14-10-6-4-8-12-13(10)9-5-2-3-7-11(9)15-12;13-9-5-3-7-11-12(9)8-4-1-2-6-10(8)14-11;7-5-2-1-3-6(8)4-5;15*1-2/h2-12H,1H3;3*3-10H,1-2H3;2-8,14H,1H3;1-7H,13H2;1-4H;14*1-2H3;1H3. The summed E-state index contributed by atoms with van der Waals surface area (Å²) in [5.41, 5.74) is 32.9. The van der Waals surface area contributed by atoms with Gasteiger partial charge in [-0.3, -0.25) is 0 Å². The van der Waals surface area contributed by atoms with Crippen molar-refractivity contribution in [1.29, 1.82) is 0 Å². The van der Waals surface area contributed by atoms with Crippen LogP contribution >= 0.6 is 50.7 Å². The molecule has 20 rings (SSSR count). The van der Waals surface area contributed by atoms with E-state index >= 15 is 0 Å². The quantitative estimate of drug-likeness (QED) is 0.136. The van der Waals surface area contributed by atoms with Crippen molar-refractivity contribution in [2.24, 2.45) is 0 Å². The molecule has 3 aliphatic rings. The van der Waals surface area contributed by atoms with Gasteiger partial charge >= 0.3 is 0 Å². The third kappa shape index (κ3) is 32.5. The maximum absolute atomic E-state index is 6.12. The van der Waals surface area contributed by atoms with E-state index in [1.54, 1.807) is 18.2 Å². The number of hydrogen-bond acceptors (Lipinski definition) is 6. The third-order valence-electron chi connectivity index (χ3n) is 20.3. The van der Waals surface area contributed by atoms with Crippen molar-refractivity contribution in [3.05, 3.63) is 370 Å². The van der Waals surface area contributed by atoms with Crippen LogP contribution in [0.15, 0.2) is 335 Å². The molecule has 3 aromatic heterocycles. The van der Waals surface area contributed by atoms with E-state index in [4.69, 9.17) is 53.8 Å². The summed E-state index contributed by atoms with van der Waals surface area (Å²) in [7, 11) is 3.97. The highest BCUT2D eigenvalue weighted by molar-refractivity contribution is 9.08. The Hall–Kier alpha value is -10.8. The lowest BCUT2D eigenvalue weighted by Gasteiger charge is -2.20. The van der Waals surface area contributed by atoms with Gasteiger partial charge in [-0.1, -0.05) is 517 Å². The number of para-hydroxylation sites is 3. The highest BCUT2D eigenvalue weighted by atomic mass is 79.9. The Morgan fingerprint density at radius 2 is 0.478 bits per heavy atom. The molecule has 0 bridgehead atoms. The van der Waals surface area contributed by atoms with Gasteiger partial charge in [0.15, 0.2) is 0 Å². The molecule has 10 heteroatoms. The lowest BCUT2D eigenvalue weighted by molar-refractivity contribution is 0.660. The molecule has 0 saturated heterocycles. The van der Waals surface area contributed by atoms with Crippen molar-refractivity contribution >= 4 is 139 Å². The first-order valence-corrected chi connectivity index (χ1v) is 52.1. The number of rotatable bonds is 3. The second-order valence-electron chi connectivity index (χ2n) is 27.7. The molecule has 0 radical (unpaired) electrons. The summed E-state index contributed by atoms with van der Waals surface area (Å²) in [5.74, 6) is 1.81. The molecule has 0 unspecified atom stereocenters. The van der Waals surface area contributed by atoms with Crippen LogP contribution in [0.2, 0.25) is 15.1 Å². The maximum Gasteiger partial charge on any atom is 0.137 e. The minimum absolute atomic E-state index is 0.160. The van der Waals surface area contributed by atoms with Gasteiger partial charge in [-0.15, -0.1) is 0 Å². The monoisotopic (exact) mass is 1930 g/mol. The molecule has 14 aromatic carbocycles. The number of benzene rings is 14. The lowest BCUT2D eigenvalue weighted by atomic mass is 9.82. The first-order chi connectivity index (χ1) is 65.4. The zero-order valence-corrected chi connectivity index (χ0v) is 92.7. The van der Waals surface area contributed by atoms with Gasteiger partial charge in [0.1, 0.15) is 33.5 Å². The van der Waals surface area contributed by atoms with E-state index in [0.29, 0.717) is 10.0 Å². The molecule has 0 spiro atoms. The molecule has 0 atom stereocenters. The van der Waals surface area contributed by atoms with Crippen LogP contribution in [0.3, 0.4) is 0 Å². The van der Waals surface area contributed by atoms with E-state index in [-0.39, 0.29) is 16.2 Å². The number of fused-ring (bicyclic) bond motifs is 18. The van der Waals surface area contributed by atoms with Crippen molar-refractivity contribution in [2.45, 2.75) is 252 Å². The van der Waals surface area contributed by atoms with Crippen molar-refractivity contribution in [2.75, 3.05) is 35.9 Å². The Kier molecular flexibility index (Phi) is 65.4. The average molecular weight is 1930 g/mol. The molecule has 0 fully saturated rings. The minimum Gasteiger partial charge on any atom is -0.456 e. The normalized spacial score (nSPS) is 10.8. The molecule has 3 N–H and O–H groups in total. The molecule has 0 amide bonds. The number of halogens is 4. The van der Waals surface area contributed by atoms with E-state index in [2.05, 4.69) is 238 Å². The fourth-order valence-electron chi connectivity index (χ4n) is 15.1. The highest BCUT2D eigenvalue weighted by Crippen LogP contribution is 2.51. The SMILES string of the molecule is CBr.CC.CC.CC.CC.CC.CC.CC.CC.CC.CC.CC.CC.CC.CC.CC1(C)c2ccccc2-c2ccccc21.CC1(C)c2ccccc2-c2ccccc21.CC1(C)c2ccccc2-c2ccccc21.CN(c1cccc(Cl)c1)c1cccc2oc3ccccc3c12.CNc1cccc2oc3ccccc3c12.Clc1cccc(Cl)c1.Nc1cccc2oc3ccccc3c12. The van der Waals surface area contributed by atoms with E-state index < -0.39 is 0 Å². The highest BCUT2D eigenvalue weighted by Gasteiger charge is 2.37. The molecule has 724 valence electrons. The van der Waals surface area contributed by atoms with E-state index in [1.807, 2.05) is 347 Å². The summed E-state index contributed by atoms with van der Waals surface area (Å²) in [4.78, 5) is 2.14. The summed E-state index contributed by atoms with van der Waals surface area (Å²) >= 11 is 20.2. The number of anilines is 4. The van der Waals surface area contributed by atoms with Gasteiger partial charge in [0, 0.05) is 78.6 Å². The van der Waals surface area contributed by atoms with Crippen LogP contribution in [0.1, 0.15) is 269 Å². The minimum atomic E-state index is 0.160. The zero-order valence-electron chi connectivity index (χ0n) is 88.9. The second-order valence-corrected chi connectivity index (χ2v) is 29.0. The predicted molar refractivity (Wildman–Crippen MR) is 617 cm³/mol. The molecule has 3 heterocycles. The molecule has 134 heavy (non-hydrogen) atoms. The van der Waals surface area contributed by atoms with Gasteiger partial charge in [0.05, 0.1) is 21.8 Å². The molecule has 0 saturated carbocycles. The van der Waals surface area contributed by atoms with E-state index in [9.17, 15) is 0 Å². The second kappa shape index (κ2) is 70.0. The van der Waals surface area contributed by atoms with Gasteiger partial charge in [-0.2, -0.15) is 0 Å². The van der Waals surface area contributed by atoms with Crippen LogP contribution in [0.4, 0.5) is 22.7 Å². The molecule has 3 aliphatic carbocycles. The van der Waals surface area contributed by atoms with Crippen molar-refractivity contribution in [3.63, 3.8) is 0 Å². The molecule has 17 aromatic rings. The van der Waals surface area contributed by atoms with Gasteiger partial charge in [0.25, 0.3) is 0 Å². The van der Waals surface area contributed by atoms with Gasteiger partial charge in [0.2, 0.25) is 0 Å². The Labute approximate surface area is 837 Å². The third-order valence-corrected chi connectivity index (χ3v) is 21.0. The van der Waals surface area contributed by atoms with E-state index in [1.165, 1.54) is 66.8 Å². The van der Waals surface area contributed by atoms with Crippen LogP contribution in [0.25, 0.3) is 99.2 Å². The fraction of sp³-hybridized carbons (Fsp3) is 0.323. The lowest BCUT2D eigenvalue weighted by Crippen LogP contribution is -2.14. The number of nitrogens with one attached hydrogen (secondary N) is 1. The maximum atomic E-state index is 6.12. The topological polar surface area (TPSA) is 80.7 Å². The Balaban J connectivity index is 0. The van der Waals surface area contributed by atoms with Crippen molar-refractivity contribution in [1.82, 2.24) is 0 Å². The zero-order chi connectivity index (χ0) is 102. The number of hydrogen-bond donors (Lipinski definition) is 2. The molecular weight excluding hydrogens is 1770 g/mol. The summed E-state index contributed by atoms with van der Waals surface area (Å²) < 4.78 is 17.4. The van der Waals surface area contributed by atoms with E-state index in [0.717, 1.165) is 93.6 Å². The summed E-state index contributed by atoms with van der Waals surface area (Å²) in [6.45, 7) is 69.8. The van der Waals surface area contributed by atoms with Crippen LogP contribution in [0.5, 0.6) is 0 Å². The Bertz CT molecular complexity index is 5570. The first-order valence-electron chi connectivity index (χ1n) is 49.4. The van der Waals surface area contributed by atoms with Crippen molar-refractivity contribution < 1.29 is 13.3 Å². The van der Waals surface area contributed by atoms with Gasteiger partial charge in [-0.05, 0) is 164 Å². The molecular formula is C124H167BrCl3N3O3. The Morgan fingerprint density at radius 1 is 0.254 bits per heavy atom. The largest absolute Gasteiger partial charge is 0.456 e. The van der Waals surface area contributed by atoms with Crippen molar-refractivity contribution in [3.8, 4) is 33.4 Å². The summed E-state index contributed by atoms with van der Waals surface area (Å²) in [5, 5.41) is 12.0. The van der Waals surface area contributed by atoms with Gasteiger partial charge < -0.3 is 29.2 Å². The predicted octanol–water partition coefficient (Wildman–Crippen LogP) is 43.2. The van der Waals surface area contributed by atoms with Gasteiger partial charge in [-0.25, -0.2) is 0 Å².